The van der Waals surface area contributed by atoms with Crippen LogP contribution in [-0.2, 0) is 11.8 Å². The van der Waals surface area contributed by atoms with Gasteiger partial charge in [0.25, 0.3) is 0 Å². The molecule has 0 aliphatic heterocycles. The number of carboxylic acid groups (broad SMARTS) is 1. The van der Waals surface area contributed by atoms with Crippen molar-refractivity contribution in [1.82, 2.24) is 9.78 Å². The zero-order valence-electron chi connectivity index (χ0n) is 8.21. The molecule has 5 heteroatoms. The van der Waals surface area contributed by atoms with E-state index in [-0.39, 0.29) is 12.3 Å². The number of aliphatic hydroxyl groups is 1. The molecule has 5 nitrogen and oxygen atoms in total. The third-order valence-electron chi connectivity index (χ3n) is 2.10. The summed E-state index contributed by atoms with van der Waals surface area (Å²) in [4.78, 5) is 10.4. The summed E-state index contributed by atoms with van der Waals surface area (Å²) in [5.74, 6) is -1.21. The van der Waals surface area contributed by atoms with Crippen molar-refractivity contribution in [2.45, 2.75) is 19.4 Å². The fraction of sp³-hybridized carbons (Fsp3) is 0.556. The van der Waals surface area contributed by atoms with Gasteiger partial charge in [-0.15, -0.1) is 0 Å². The van der Waals surface area contributed by atoms with E-state index in [1.807, 2.05) is 0 Å². The molecule has 0 saturated heterocycles. The molecule has 1 heterocycles. The maximum atomic E-state index is 10.4. The molecule has 2 atom stereocenters. The number of hydrogen-bond donors (Lipinski definition) is 2. The van der Waals surface area contributed by atoms with Gasteiger partial charge in [-0.05, 0) is 5.92 Å². The Hall–Kier alpha value is -1.36. The second kappa shape index (κ2) is 4.23. The number of nitrogens with zero attached hydrogens (tertiary/aromatic N) is 2. The number of aryl methyl sites for hydroxylation is 1. The van der Waals surface area contributed by atoms with E-state index in [1.54, 1.807) is 31.0 Å². The summed E-state index contributed by atoms with van der Waals surface area (Å²) in [7, 11) is 1.75. The fourth-order valence-electron chi connectivity index (χ4n) is 1.31. The molecule has 0 aliphatic carbocycles. The topological polar surface area (TPSA) is 75.3 Å². The van der Waals surface area contributed by atoms with E-state index in [2.05, 4.69) is 5.10 Å². The van der Waals surface area contributed by atoms with Gasteiger partial charge in [0.05, 0.1) is 18.7 Å². The van der Waals surface area contributed by atoms with Gasteiger partial charge in [0.2, 0.25) is 0 Å². The van der Waals surface area contributed by atoms with Gasteiger partial charge in [-0.2, -0.15) is 5.10 Å². The minimum absolute atomic E-state index is 0.0456. The highest BCUT2D eigenvalue weighted by atomic mass is 16.4. The van der Waals surface area contributed by atoms with Crippen LogP contribution in [0.15, 0.2) is 12.4 Å². The Bertz CT molecular complexity index is 322. The van der Waals surface area contributed by atoms with Crippen molar-refractivity contribution in [2.24, 2.45) is 13.0 Å². The minimum Gasteiger partial charge on any atom is -0.481 e. The van der Waals surface area contributed by atoms with Gasteiger partial charge in [0.1, 0.15) is 0 Å². The number of aliphatic carboxylic acids is 1. The number of aromatic nitrogens is 2. The Kier molecular flexibility index (Phi) is 3.24. The molecule has 2 N–H and O–H groups in total. The average Bonchev–Trinajstić information content (AvgIpc) is 2.49. The maximum Gasteiger partial charge on any atom is 0.303 e. The van der Waals surface area contributed by atoms with Crippen LogP contribution in [-0.4, -0.2) is 26.0 Å². The van der Waals surface area contributed by atoms with Gasteiger partial charge in [-0.1, -0.05) is 6.92 Å². The van der Waals surface area contributed by atoms with Gasteiger partial charge in [-0.25, -0.2) is 0 Å². The predicted octanol–water partition coefficient (Wildman–Crippen LogP) is 0.564. The van der Waals surface area contributed by atoms with Gasteiger partial charge < -0.3 is 10.2 Å². The van der Waals surface area contributed by atoms with Crippen molar-refractivity contribution in [3.63, 3.8) is 0 Å². The van der Waals surface area contributed by atoms with Gasteiger partial charge >= 0.3 is 5.97 Å². The summed E-state index contributed by atoms with van der Waals surface area (Å²) < 4.78 is 1.58. The molecule has 0 amide bonds. The minimum atomic E-state index is -0.902. The molecule has 0 aromatic carbocycles. The average molecular weight is 198 g/mol. The normalized spacial score (nSPS) is 15.1. The standard InChI is InChI=1S/C9H14N2O3/c1-6(3-8(12)13)9(14)7-4-10-11(2)5-7/h4-6,9,14H,3H2,1-2H3,(H,12,13). The van der Waals surface area contributed by atoms with E-state index >= 15 is 0 Å². The second-order valence-electron chi connectivity index (χ2n) is 3.47. The van der Waals surface area contributed by atoms with Crippen LogP contribution in [0.25, 0.3) is 0 Å². The number of carbonyl (C=O) groups is 1. The lowest BCUT2D eigenvalue weighted by molar-refractivity contribution is -0.139. The summed E-state index contributed by atoms with van der Waals surface area (Å²) in [5, 5.41) is 22.2. The number of aliphatic hydroxyl groups excluding tert-OH is 1. The number of rotatable bonds is 4. The molecule has 1 aromatic heterocycles. The van der Waals surface area contributed by atoms with E-state index in [0.29, 0.717) is 5.56 Å². The first-order valence-electron chi connectivity index (χ1n) is 4.39. The smallest absolute Gasteiger partial charge is 0.303 e. The quantitative estimate of drug-likeness (QED) is 0.741. The number of hydrogen-bond acceptors (Lipinski definition) is 3. The number of carboxylic acids is 1. The van der Waals surface area contributed by atoms with Crippen molar-refractivity contribution in [3.05, 3.63) is 18.0 Å². The van der Waals surface area contributed by atoms with E-state index in [1.165, 1.54) is 0 Å². The van der Waals surface area contributed by atoms with Crippen LogP contribution in [0.2, 0.25) is 0 Å². The predicted molar refractivity (Wildman–Crippen MR) is 49.6 cm³/mol. The van der Waals surface area contributed by atoms with Crippen molar-refractivity contribution in [1.29, 1.82) is 0 Å². The first kappa shape index (κ1) is 10.7. The Labute approximate surface area is 82.0 Å². The molecule has 0 bridgehead atoms. The molecule has 1 aromatic rings. The molecule has 0 saturated carbocycles. The van der Waals surface area contributed by atoms with Crippen molar-refractivity contribution in [3.8, 4) is 0 Å². The van der Waals surface area contributed by atoms with Crippen LogP contribution in [0, 0.1) is 5.92 Å². The molecule has 1 rings (SSSR count). The molecule has 2 unspecified atom stereocenters. The van der Waals surface area contributed by atoms with Gasteiger partial charge in [0.15, 0.2) is 0 Å². The highest BCUT2D eigenvalue weighted by molar-refractivity contribution is 5.67. The first-order chi connectivity index (χ1) is 6.50. The molecule has 0 aliphatic rings. The van der Waals surface area contributed by atoms with E-state index in [4.69, 9.17) is 5.11 Å². The van der Waals surface area contributed by atoms with Crippen LogP contribution in [0.5, 0.6) is 0 Å². The third kappa shape index (κ3) is 2.56. The summed E-state index contributed by atoms with van der Waals surface area (Å²) in [6.45, 7) is 1.70. The maximum absolute atomic E-state index is 10.4. The van der Waals surface area contributed by atoms with Gasteiger partial charge in [0, 0.05) is 18.8 Å². The lowest BCUT2D eigenvalue weighted by Crippen LogP contribution is -2.13. The summed E-state index contributed by atoms with van der Waals surface area (Å²) in [6, 6.07) is 0. The molecule has 14 heavy (non-hydrogen) atoms. The molecule has 78 valence electrons. The van der Waals surface area contributed by atoms with Crippen molar-refractivity contribution < 1.29 is 15.0 Å². The Morgan fingerprint density at radius 2 is 2.36 bits per heavy atom. The summed E-state index contributed by atoms with van der Waals surface area (Å²) >= 11 is 0. The van der Waals surface area contributed by atoms with Crippen molar-refractivity contribution in [2.75, 3.05) is 0 Å². The molecular formula is C9H14N2O3. The lowest BCUT2D eigenvalue weighted by atomic mass is 9.97. The SMILES string of the molecule is CC(CC(=O)O)C(O)c1cnn(C)c1. The Morgan fingerprint density at radius 1 is 1.71 bits per heavy atom. The van der Waals surface area contributed by atoms with E-state index in [0.717, 1.165) is 0 Å². The highest BCUT2D eigenvalue weighted by Crippen LogP contribution is 2.23. The first-order valence-corrected chi connectivity index (χ1v) is 4.39. The zero-order chi connectivity index (χ0) is 10.7. The zero-order valence-corrected chi connectivity index (χ0v) is 8.21. The van der Waals surface area contributed by atoms with Crippen LogP contribution < -0.4 is 0 Å². The lowest BCUT2D eigenvalue weighted by Gasteiger charge is -2.14. The molecule has 0 radical (unpaired) electrons. The summed E-state index contributed by atoms with van der Waals surface area (Å²) in [5.41, 5.74) is 0.654. The van der Waals surface area contributed by atoms with E-state index < -0.39 is 12.1 Å². The van der Waals surface area contributed by atoms with Crippen LogP contribution in [0.1, 0.15) is 25.0 Å². The van der Waals surface area contributed by atoms with Crippen molar-refractivity contribution >= 4 is 5.97 Å². The summed E-state index contributed by atoms with van der Waals surface area (Å²) in [6.07, 6.45) is 2.42. The van der Waals surface area contributed by atoms with Gasteiger partial charge in [-0.3, -0.25) is 9.48 Å². The van der Waals surface area contributed by atoms with Crippen LogP contribution in [0.3, 0.4) is 0 Å². The second-order valence-corrected chi connectivity index (χ2v) is 3.47. The monoisotopic (exact) mass is 198 g/mol. The largest absolute Gasteiger partial charge is 0.481 e. The molecule has 0 fully saturated rings. The highest BCUT2D eigenvalue weighted by Gasteiger charge is 2.20. The van der Waals surface area contributed by atoms with Crippen LogP contribution >= 0.6 is 0 Å². The molecule has 0 spiro atoms. The van der Waals surface area contributed by atoms with E-state index in [9.17, 15) is 9.90 Å². The fourth-order valence-corrected chi connectivity index (χ4v) is 1.31. The third-order valence-corrected chi connectivity index (χ3v) is 2.10. The Morgan fingerprint density at radius 3 is 2.79 bits per heavy atom. The Balaban J connectivity index is 2.65. The van der Waals surface area contributed by atoms with Crippen LogP contribution in [0.4, 0.5) is 0 Å². The molecular weight excluding hydrogens is 184 g/mol.